The van der Waals surface area contributed by atoms with E-state index in [1.807, 2.05) is 48.5 Å². The quantitative estimate of drug-likeness (QED) is 0.565. The monoisotopic (exact) mass is 429 g/mol. The highest BCUT2D eigenvalue weighted by atomic mass is 79.9. The number of benzene rings is 2. The molecule has 0 radical (unpaired) electrons. The summed E-state index contributed by atoms with van der Waals surface area (Å²) in [6.45, 7) is 2.24. The zero-order chi connectivity index (χ0) is 19.2. The Balaban J connectivity index is 1.56. The Labute approximate surface area is 166 Å². The van der Waals surface area contributed by atoms with Crippen LogP contribution in [0.2, 0.25) is 0 Å². The molecule has 0 saturated carbocycles. The number of carbonyl (C=O) groups is 1. The van der Waals surface area contributed by atoms with Crippen LogP contribution >= 0.6 is 15.9 Å². The maximum Gasteiger partial charge on any atom is 0.260 e. The highest BCUT2D eigenvalue weighted by molar-refractivity contribution is 9.10. The summed E-state index contributed by atoms with van der Waals surface area (Å²) >= 11 is 3.47. The molecule has 0 atom stereocenters. The first kappa shape index (κ1) is 19.1. The largest absolute Gasteiger partial charge is 0.483 e. The van der Waals surface area contributed by atoms with Gasteiger partial charge in [-0.25, -0.2) is 0 Å². The molecular weight excluding hydrogens is 410 g/mol. The van der Waals surface area contributed by atoms with Crippen LogP contribution in [0.25, 0.3) is 11.4 Å². The van der Waals surface area contributed by atoms with Gasteiger partial charge in [0.2, 0.25) is 11.7 Å². The van der Waals surface area contributed by atoms with Crippen molar-refractivity contribution < 1.29 is 14.1 Å². The molecule has 0 N–H and O–H groups in total. The summed E-state index contributed by atoms with van der Waals surface area (Å²) in [6.07, 6.45) is 0.940. The van der Waals surface area contributed by atoms with Crippen molar-refractivity contribution in [3.05, 3.63) is 64.5 Å². The van der Waals surface area contributed by atoms with Gasteiger partial charge in [-0.2, -0.15) is 4.98 Å². The molecular formula is C20H20BrN3O3. The van der Waals surface area contributed by atoms with Gasteiger partial charge < -0.3 is 14.2 Å². The standard InChI is InChI=1S/C20H20BrN3O3/c1-3-14-9-10-17(16(21)11-14)26-13-19(25)24(2)12-18-22-20(23-27-18)15-7-5-4-6-8-15/h4-11H,3,12-13H2,1-2H3. The molecule has 1 amide bonds. The predicted molar refractivity (Wildman–Crippen MR) is 105 cm³/mol. The number of hydrogen-bond acceptors (Lipinski definition) is 5. The van der Waals surface area contributed by atoms with E-state index in [1.165, 1.54) is 10.5 Å². The van der Waals surface area contributed by atoms with Gasteiger partial charge >= 0.3 is 0 Å². The number of rotatable bonds is 7. The number of aryl methyl sites for hydroxylation is 1. The van der Waals surface area contributed by atoms with E-state index in [9.17, 15) is 4.79 Å². The molecule has 7 heteroatoms. The summed E-state index contributed by atoms with van der Waals surface area (Å²) in [5.41, 5.74) is 2.06. The molecule has 0 aliphatic rings. The van der Waals surface area contributed by atoms with Gasteiger partial charge in [0.1, 0.15) is 5.75 Å². The molecule has 0 fully saturated rings. The van der Waals surface area contributed by atoms with Gasteiger partial charge in [0.25, 0.3) is 5.91 Å². The number of ether oxygens (including phenoxy) is 1. The molecule has 1 aromatic heterocycles. The summed E-state index contributed by atoms with van der Waals surface area (Å²) in [4.78, 5) is 18.2. The Bertz CT molecular complexity index is 912. The van der Waals surface area contributed by atoms with Crippen molar-refractivity contribution in [2.24, 2.45) is 0 Å². The van der Waals surface area contributed by atoms with Crippen molar-refractivity contribution in [3.8, 4) is 17.1 Å². The Hall–Kier alpha value is -2.67. The molecule has 140 valence electrons. The van der Waals surface area contributed by atoms with Crippen molar-refractivity contribution >= 4 is 21.8 Å². The topological polar surface area (TPSA) is 68.5 Å². The molecule has 0 spiro atoms. The van der Waals surface area contributed by atoms with Crippen molar-refractivity contribution in [2.45, 2.75) is 19.9 Å². The fourth-order valence-electron chi connectivity index (χ4n) is 2.45. The summed E-state index contributed by atoms with van der Waals surface area (Å²) in [5.74, 6) is 1.33. The third kappa shape index (κ3) is 4.95. The molecule has 6 nitrogen and oxygen atoms in total. The highest BCUT2D eigenvalue weighted by Gasteiger charge is 2.16. The van der Waals surface area contributed by atoms with Gasteiger partial charge in [-0.3, -0.25) is 4.79 Å². The molecule has 1 heterocycles. The number of halogens is 1. The Morgan fingerprint density at radius 2 is 2.00 bits per heavy atom. The van der Waals surface area contributed by atoms with Crippen molar-refractivity contribution in [3.63, 3.8) is 0 Å². The molecule has 0 bridgehead atoms. The van der Waals surface area contributed by atoms with E-state index in [4.69, 9.17) is 9.26 Å². The van der Waals surface area contributed by atoms with Crippen molar-refractivity contribution in [1.82, 2.24) is 15.0 Å². The van der Waals surface area contributed by atoms with Gasteiger partial charge in [0, 0.05) is 12.6 Å². The minimum atomic E-state index is -0.180. The van der Waals surface area contributed by atoms with Crippen LogP contribution in [0.1, 0.15) is 18.4 Å². The lowest BCUT2D eigenvalue weighted by atomic mass is 10.2. The molecule has 0 unspecified atom stereocenters. The predicted octanol–water partition coefficient (Wildman–Crippen LogP) is 4.10. The Kier molecular flexibility index (Phi) is 6.24. The number of likely N-dealkylation sites (N-methyl/N-ethyl adjacent to an activating group) is 1. The molecule has 3 aromatic rings. The number of aromatic nitrogens is 2. The first-order valence-corrected chi connectivity index (χ1v) is 9.39. The third-order valence-corrected chi connectivity index (χ3v) is 4.67. The lowest BCUT2D eigenvalue weighted by molar-refractivity contribution is -0.132. The zero-order valence-corrected chi connectivity index (χ0v) is 16.8. The molecule has 0 aliphatic heterocycles. The van der Waals surface area contributed by atoms with E-state index < -0.39 is 0 Å². The summed E-state index contributed by atoms with van der Waals surface area (Å²) < 4.78 is 11.7. The second-order valence-electron chi connectivity index (χ2n) is 6.03. The van der Waals surface area contributed by atoms with Crippen LogP contribution in [0, 0.1) is 0 Å². The minimum absolute atomic E-state index is 0.0692. The van der Waals surface area contributed by atoms with Gasteiger partial charge in [0.15, 0.2) is 6.61 Å². The SMILES string of the molecule is CCc1ccc(OCC(=O)N(C)Cc2nc(-c3ccccc3)no2)c(Br)c1. The summed E-state index contributed by atoms with van der Waals surface area (Å²) in [5, 5.41) is 3.96. The maximum atomic E-state index is 12.3. The highest BCUT2D eigenvalue weighted by Crippen LogP contribution is 2.26. The van der Waals surface area contributed by atoms with Crippen LogP contribution in [0.15, 0.2) is 57.5 Å². The van der Waals surface area contributed by atoms with E-state index in [2.05, 4.69) is 33.0 Å². The number of carbonyl (C=O) groups excluding carboxylic acids is 1. The van der Waals surface area contributed by atoms with Gasteiger partial charge in [-0.15, -0.1) is 0 Å². The fourth-order valence-corrected chi connectivity index (χ4v) is 2.99. The van der Waals surface area contributed by atoms with Gasteiger partial charge in [0.05, 0.1) is 11.0 Å². The average molecular weight is 430 g/mol. The average Bonchev–Trinajstić information content (AvgIpc) is 3.15. The summed E-state index contributed by atoms with van der Waals surface area (Å²) in [7, 11) is 1.67. The minimum Gasteiger partial charge on any atom is -0.483 e. The number of amides is 1. The molecule has 2 aromatic carbocycles. The van der Waals surface area contributed by atoms with Crippen LogP contribution in [-0.4, -0.2) is 34.6 Å². The lowest BCUT2D eigenvalue weighted by Crippen LogP contribution is -2.31. The van der Waals surface area contributed by atoms with E-state index in [0.717, 1.165) is 16.5 Å². The van der Waals surface area contributed by atoms with Crippen LogP contribution in [0.5, 0.6) is 5.75 Å². The van der Waals surface area contributed by atoms with Crippen LogP contribution < -0.4 is 4.74 Å². The maximum absolute atomic E-state index is 12.3. The fraction of sp³-hybridized carbons (Fsp3) is 0.250. The normalized spacial score (nSPS) is 10.6. The van der Waals surface area contributed by atoms with E-state index in [1.54, 1.807) is 7.05 Å². The number of nitrogens with zero attached hydrogens (tertiary/aromatic N) is 3. The van der Waals surface area contributed by atoms with Crippen LogP contribution in [0.4, 0.5) is 0 Å². The molecule has 0 saturated heterocycles. The van der Waals surface area contributed by atoms with Crippen LogP contribution in [-0.2, 0) is 17.8 Å². The second kappa shape index (κ2) is 8.81. The first-order valence-electron chi connectivity index (χ1n) is 8.60. The van der Waals surface area contributed by atoms with E-state index >= 15 is 0 Å². The molecule has 0 aliphatic carbocycles. The first-order chi connectivity index (χ1) is 13.1. The Morgan fingerprint density at radius 3 is 2.70 bits per heavy atom. The smallest absolute Gasteiger partial charge is 0.260 e. The molecule has 3 rings (SSSR count). The lowest BCUT2D eigenvalue weighted by Gasteiger charge is -2.16. The summed E-state index contributed by atoms with van der Waals surface area (Å²) in [6, 6.07) is 15.4. The van der Waals surface area contributed by atoms with Gasteiger partial charge in [-0.1, -0.05) is 48.5 Å². The van der Waals surface area contributed by atoms with Crippen LogP contribution in [0.3, 0.4) is 0 Å². The molecule has 27 heavy (non-hydrogen) atoms. The Morgan fingerprint density at radius 1 is 1.22 bits per heavy atom. The third-order valence-electron chi connectivity index (χ3n) is 4.05. The second-order valence-corrected chi connectivity index (χ2v) is 6.89. The van der Waals surface area contributed by atoms with E-state index in [0.29, 0.717) is 17.5 Å². The zero-order valence-electron chi connectivity index (χ0n) is 15.2. The van der Waals surface area contributed by atoms with Crippen molar-refractivity contribution in [1.29, 1.82) is 0 Å². The van der Waals surface area contributed by atoms with E-state index in [-0.39, 0.29) is 19.1 Å². The van der Waals surface area contributed by atoms with Gasteiger partial charge in [-0.05, 0) is 40.0 Å². The van der Waals surface area contributed by atoms with Crippen molar-refractivity contribution in [2.75, 3.05) is 13.7 Å². The number of hydrogen-bond donors (Lipinski definition) is 0.